The van der Waals surface area contributed by atoms with Crippen LogP contribution in [0.15, 0.2) is 0 Å². The predicted molar refractivity (Wildman–Crippen MR) is 188 cm³/mol. The Bertz CT molecular complexity index is 1310. The molecule has 0 aromatic heterocycles. The van der Waals surface area contributed by atoms with Gasteiger partial charge in [-0.2, -0.15) is 0 Å². The number of phosphoric ester groups is 1. The van der Waals surface area contributed by atoms with E-state index in [1.165, 1.54) is 0 Å². The first-order chi connectivity index (χ1) is 28.2. The fourth-order valence-electron chi connectivity index (χ4n) is 6.30. The molecule has 0 saturated carbocycles. The van der Waals surface area contributed by atoms with Crippen LogP contribution in [-0.2, 0) is 46.8 Å². The van der Waals surface area contributed by atoms with E-state index >= 15 is 0 Å². The largest absolute Gasteiger partial charge is 0.472 e. The van der Waals surface area contributed by atoms with E-state index in [0.29, 0.717) is 0 Å². The first-order valence-electron chi connectivity index (χ1n) is 18.6. The highest BCUT2D eigenvalue weighted by Gasteiger charge is 2.55. The standard InChI is InChI=1S/C31H59N2O26P/c1-11(39)33-18-27(58-30-24(48)23(47)20(44)15(7-36)55-30)21(45)16(8-37)54-29(18)59-28-22(46)17(9-38)56-31(25(28)49)57-26(14(42)6-35)19(43)13(41)4-32-2-3-52-60(50,51)53-10-12(40)5-34/h12-32,34-38,40-49H,2-10H2,1H3,(H,33,39)(H,50,51)/t12?,13-,14+,15+,16+,17+,18+,19+,20-,21+,22-,23-,24+,25+,26+,27+,28-,29-,30-,31-/m0/s1. The van der Waals surface area contributed by atoms with Crippen LogP contribution < -0.4 is 10.6 Å². The van der Waals surface area contributed by atoms with Crippen LogP contribution in [0, 0.1) is 0 Å². The minimum absolute atomic E-state index is 0.251. The van der Waals surface area contributed by atoms with Gasteiger partial charge in [-0.1, -0.05) is 0 Å². The second-order valence-corrected chi connectivity index (χ2v) is 15.5. The highest BCUT2D eigenvalue weighted by Crippen LogP contribution is 2.43. The molecule has 3 aliphatic heterocycles. The van der Waals surface area contributed by atoms with Crippen molar-refractivity contribution in [2.24, 2.45) is 0 Å². The van der Waals surface area contributed by atoms with Gasteiger partial charge in [0.15, 0.2) is 18.9 Å². The molecule has 0 bridgehead atoms. The first-order valence-corrected chi connectivity index (χ1v) is 20.1. The lowest BCUT2D eigenvalue weighted by Crippen LogP contribution is -2.70. The maximum Gasteiger partial charge on any atom is 0.472 e. The number of nitrogens with one attached hydrogen (secondary N) is 2. The summed E-state index contributed by atoms with van der Waals surface area (Å²) in [7, 11) is -4.65. The van der Waals surface area contributed by atoms with E-state index < -0.39 is 189 Å². The average molecular weight is 907 g/mol. The minimum atomic E-state index is -4.65. The molecule has 29 heteroatoms. The number of phosphoric acid groups is 1. The van der Waals surface area contributed by atoms with Crippen molar-refractivity contribution in [3.8, 4) is 0 Å². The predicted octanol–water partition coefficient (Wildman–Crippen LogP) is -10.9. The van der Waals surface area contributed by atoms with Crippen molar-refractivity contribution in [3.63, 3.8) is 0 Å². The fraction of sp³-hybridized carbons (Fsp3) is 0.968. The molecule has 3 rings (SSSR count). The van der Waals surface area contributed by atoms with Gasteiger partial charge in [-0.05, 0) is 0 Å². The van der Waals surface area contributed by atoms with Crippen molar-refractivity contribution in [1.82, 2.24) is 10.6 Å². The van der Waals surface area contributed by atoms with Crippen molar-refractivity contribution >= 4 is 13.7 Å². The van der Waals surface area contributed by atoms with Gasteiger partial charge < -0.3 is 121 Å². The van der Waals surface area contributed by atoms with Gasteiger partial charge in [0.2, 0.25) is 5.91 Å². The van der Waals surface area contributed by atoms with E-state index in [1.807, 2.05) is 0 Å². The van der Waals surface area contributed by atoms with Crippen LogP contribution >= 0.6 is 7.82 Å². The number of carbonyl (C=O) groups excluding carboxylic acids is 1. The second-order valence-electron chi connectivity index (χ2n) is 14.1. The Morgan fingerprint density at radius 2 is 1.23 bits per heavy atom. The van der Waals surface area contributed by atoms with Gasteiger partial charge in [-0.15, -0.1) is 0 Å². The molecule has 0 radical (unpaired) electrons. The summed E-state index contributed by atoms with van der Waals surface area (Å²) in [4.78, 5) is 22.0. The molecule has 3 heterocycles. The monoisotopic (exact) mass is 906 g/mol. The van der Waals surface area contributed by atoms with Gasteiger partial charge in [-0.3, -0.25) is 13.8 Å². The van der Waals surface area contributed by atoms with Crippen LogP contribution in [0.25, 0.3) is 0 Å². The van der Waals surface area contributed by atoms with Gasteiger partial charge >= 0.3 is 7.82 Å². The van der Waals surface area contributed by atoms with Gasteiger partial charge in [0, 0.05) is 20.0 Å². The second kappa shape index (κ2) is 24.7. The van der Waals surface area contributed by atoms with Crippen LogP contribution in [0.4, 0.5) is 0 Å². The summed E-state index contributed by atoms with van der Waals surface area (Å²) >= 11 is 0. The van der Waals surface area contributed by atoms with Gasteiger partial charge in [-0.25, -0.2) is 4.57 Å². The minimum Gasteiger partial charge on any atom is -0.394 e. The van der Waals surface area contributed by atoms with Crippen molar-refractivity contribution in [1.29, 1.82) is 0 Å². The number of carbonyl (C=O) groups is 1. The number of aliphatic hydroxyl groups is 15. The van der Waals surface area contributed by atoms with E-state index in [-0.39, 0.29) is 6.54 Å². The average Bonchev–Trinajstić information content (AvgIpc) is 3.22. The lowest BCUT2D eigenvalue weighted by molar-refractivity contribution is -0.371. The normalized spacial score (nSPS) is 38.6. The van der Waals surface area contributed by atoms with Crippen molar-refractivity contribution in [3.05, 3.63) is 0 Å². The van der Waals surface area contributed by atoms with Crippen molar-refractivity contribution in [2.75, 3.05) is 59.3 Å². The lowest BCUT2D eigenvalue weighted by atomic mass is 9.94. The SMILES string of the molecule is CC(=O)N[C@H]1[C@H](O[C@H]2[C@@H](O)[C@@H](CO)O[C@@H](O[C@@H]([C@H](O)[C@@H](O)CNCCOP(=O)(O)OCC(O)CO)[C@H](O)CO)[C@@H]2O)O[C@H](CO)[C@@H](O)[C@@H]1O[C@@H]1O[C@H](CO)[C@H](O)[C@H](O)[C@H]1O. The number of amides is 1. The molecule has 354 valence electrons. The molecule has 0 aliphatic carbocycles. The Balaban J connectivity index is 1.79. The van der Waals surface area contributed by atoms with E-state index in [2.05, 4.69) is 19.7 Å². The van der Waals surface area contributed by atoms with E-state index in [9.17, 15) is 85.7 Å². The molecule has 21 atom stereocenters. The summed E-state index contributed by atoms with van der Waals surface area (Å²) in [5.74, 6) is -0.815. The molecule has 0 spiro atoms. The summed E-state index contributed by atoms with van der Waals surface area (Å²) in [5.41, 5.74) is 0. The Labute approximate surface area is 341 Å². The van der Waals surface area contributed by atoms with Crippen molar-refractivity contribution in [2.45, 2.75) is 129 Å². The molecule has 60 heavy (non-hydrogen) atoms. The summed E-state index contributed by atoms with van der Waals surface area (Å²) in [5, 5.41) is 159. The Morgan fingerprint density at radius 3 is 1.80 bits per heavy atom. The Morgan fingerprint density at radius 1 is 0.683 bits per heavy atom. The number of ether oxygens (including phenoxy) is 6. The highest BCUT2D eigenvalue weighted by atomic mass is 31.2. The molecule has 3 fully saturated rings. The van der Waals surface area contributed by atoms with Crippen LogP contribution in [0.1, 0.15) is 6.92 Å². The number of hydrogen-bond donors (Lipinski definition) is 18. The first kappa shape index (κ1) is 53.0. The molecule has 3 saturated heterocycles. The summed E-state index contributed by atoms with van der Waals surface area (Å²) in [6, 6.07) is -1.68. The highest BCUT2D eigenvalue weighted by molar-refractivity contribution is 7.47. The molecule has 0 aromatic carbocycles. The molecule has 2 unspecified atom stereocenters. The van der Waals surface area contributed by atoms with Crippen molar-refractivity contribution < 1.29 is 128 Å². The molecule has 0 aromatic rings. The Kier molecular flexibility index (Phi) is 21.8. The fourth-order valence-corrected chi connectivity index (χ4v) is 7.06. The molecular weight excluding hydrogens is 847 g/mol. The Hall–Kier alpha value is -1.30. The third-order valence-corrected chi connectivity index (χ3v) is 10.6. The number of aliphatic hydroxyl groups excluding tert-OH is 15. The number of hydrogen-bond acceptors (Lipinski definition) is 26. The molecule has 28 nitrogen and oxygen atoms in total. The summed E-state index contributed by atoms with van der Waals surface area (Å²) in [6.07, 6.45) is -35.6. The van der Waals surface area contributed by atoms with Gasteiger partial charge in [0.1, 0.15) is 97.6 Å². The van der Waals surface area contributed by atoms with Crippen LogP contribution in [0.3, 0.4) is 0 Å². The molecular formula is C31H59N2O26P. The quantitative estimate of drug-likeness (QED) is 0.0316. The van der Waals surface area contributed by atoms with E-state index in [1.54, 1.807) is 0 Å². The van der Waals surface area contributed by atoms with Crippen LogP contribution in [-0.4, -0.2) is 269 Å². The van der Waals surface area contributed by atoms with Crippen LogP contribution in [0.2, 0.25) is 0 Å². The van der Waals surface area contributed by atoms with E-state index in [0.717, 1.165) is 6.92 Å². The maximum atomic E-state index is 12.4. The van der Waals surface area contributed by atoms with Gasteiger partial charge in [0.25, 0.3) is 0 Å². The summed E-state index contributed by atoms with van der Waals surface area (Å²) < 4.78 is 54.7. The molecule has 3 aliphatic rings. The third-order valence-electron chi connectivity index (χ3n) is 9.59. The zero-order chi connectivity index (χ0) is 45.1. The zero-order valence-electron chi connectivity index (χ0n) is 32.1. The zero-order valence-corrected chi connectivity index (χ0v) is 33.0. The summed E-state index contributed by atoms with van der Waals surface area (Å²) in [6.45, 7) is -5.63. The van der Waals surface area contributed by atoms with Gasteiger partial charge in [0.05, 0.1) is 52.4 Å². The lowest BCUT2D eigenvalue weighted by Gasteiger charge is -2.49. The van der Waals surface area contributed by atoms with E-state index in [4.69, 9.17) is 33.5 Å². The van der Waals surface area contributed by atoms with Crippen LogP contribution in [0.5, 0.6) is 0 Å². The molecule has 18 N–H and O–H groups in total. The number of rotatable bonds is 24. The smallest absolute Gasteiger partial charge is 0.394 e. The topological polar surface area (TPSA) is 456 Å². The third kappa shape index (κ3) is 14.1. The maximum absolute atomic E-state index is 12.4. The molecule has 1 amide bonds.